The largest absolute Gasteiger partial charge is 0.462 e. The lowest BCUT2D eigenvalue weighted by Crippen LogP contribution is -2.30. The molecule has 0 fully saturated rings. The fourth-order valence-electron chi connectivity index (χ4n) is 7.10. The summed E-state index contributed by atoms with van der Waals surface area (Å²) < 4.78 is 16.7. The monoisotopic (exact) mass is 827 g/mol. The average molecular weight is 827 g/mol. The number of carbonyl (C=O) groups is 3. The summed E-state index contributed by atoms with van der Waals surface area (Å²) in [5, 5.41) is 0. The Balaban J connectivity index is 4.43. The van der Waals surface area contributed by atoms with Gasteiger partial charge < -0.3 is 14.2 Å². The summed E-state index contributed by atoms with van der Waals surface area (Å²) in [6, 6.07) is 0. The zero-order valence-electron chi connectivity index (χ0n) is 39.0. The zero-order chi connectivity index (χ0) is 43.0. The van der Waals surface area contributed by atoms with Crippen LogP contribution < -0.4 is 0 Å². The molecule has 0 aromatic heterocycles. The molecule has 1 unspecified atom stereocenters. The summed E-state index contributed by atoms with van der Waals surface area (Å²) >= 11 is 0. The summed E-state index contributed by atoms with van der Waals surface area (Å²) in [5.74, 6) is -0.968. The molecule has 0 bridgehead atoms. The SMILES string of the molecule is CC/C=C\C/C=C\C/C=C\C/C=C\CCC(=O)OCC(COC(=O)CCCCCCCCCCCCCCCC)OC(=O)CCCCCCCCCCCCCCCC. The summed E-state index contributed by atoms with van der Waals surface area (Å²) in [6.07, 6.45) is 56.8. The van der Waals surface area contributed by atoms with Crippen molar-refractivity contribution in [3.63, 3.8) is 0 Å². The highest BCUT2D eigenvalue weighted by atomic mass is 16.6. The van der Waals surface area contributed by atoms with E-state index < -0.39 is 6.10 Å². The minimum atomic E-state index is -0.796. The van der Waals surface area contributed by atoms with Crippen LogP contribution in [0.15, 0.2) is 48.6 Å². The molecule has 0 radical (unpaired) electrons. The molecular weight excluding hydrogens is 733 g/mol. The Morgan fingerprint density at radius 3 is 1.03 bits per heavy atom. The molecule has 1 atom stereocenters. The van der Waals surface area contributed by atoms with E-state index in [2.05, 4.69) is 63.3 Å². The molecule has 0 aliphatic rings. The summed E-state index contributed by atoms with van der Waals surface area (Å²) in [5.41, 5.74) is 0. The lowest BCUT2D eigenvalue weighted by molar-refractivity contribution is -0.166. The molecule has 0 saturated heterocycles. The molecule has 0 aliphatic heterocycles. The zero-order valence-corrected chi connectivity index (χ0v) is 39.0. The highest BCUT2D eigenvalue weighted by molar-refractivity contribution is 5.71. The van der Waals surface area contributed by atoms with Crippen LogP contribution in [0.25, 0.3) is 0 Å². The third-order valence-corrected chi connectivity index (χ3v) is 10.9. The van der Waals surface area contributed by atoms with E-state index in [4.69, 9.17) is 14.2 Å². The van der Waals surface area contributed by atoms with Crippen LogP contribution in [0.3, 0.4) is 0 Å². The van der Waals surface area contributed by atoms with Crippen molar-refractivity contribution >= 4 is 17.9 Å². The highest BCUT2D eigenvalue weighted by Gasteiger charge is 2.19. The minimum absolute atomic E-state index is 0.0912. The van der Waals surface area contributed by atoms with E-state index >= 15 is 0 Å². The molecular formula is C53H94O6. The second-order valence-corrected chi connectivity index (χ2v) is 16.7. The van der Waals surface area contributed by atoms with Crippen molar-refractivity contribution in [2.24, 2.45) is 0 Å². The Morgan fingerprint density at radius 2 is 0.661 bits per heavy atom. The predicted molar refractivity (Wildman–Crippen MR) is 252 cm³/mol. The van der Waals surface area contributed by atoms with E-state index in [9.17, 15) is 14.4 Å². The molecule has 0 spiro atoms. The maximum absolute atomic E-state index is 12.8. The first-order chi connectivity index (χ1) is 29.0. The van der Waals surface area contributed by atoms with E-state index in [-0.39, 0.29) is 37.5 Å². The van der Waals surface area contributed by atoms with Gasteiger partial charge in [-0.1, -0.05) is 236 Å². The number of hydrogen-bond acceptors (Lipinski definition) is 6. The molecule has 0 heterocycles. The Bertz CT molecular complexity index is 1040. The van der Waals surface area contributed by atoms with Crippen molar-refractivity contribution in [1.82, 2.24) is 0 Å². The van der Waals surface area contributed by atoms with E-state index in [1.54, 1.807) is 0 Å². The van der Waals surface area contributed by atoms with E-state index in [1.165, 1.54) is 141 Å². The second-order valence-electron chi connectivity index (χ2n) is 16.7. The summed E-state index contributed by atoms with van der Waals surface area (Å²) in [6.45, 7) is 6.47. The van der Waals surface area contributed by atoms with Gasteiger partial charge in [0.05, 0.1) is 0 Å². The number of rotatable bonds is 45. The Kier molecular flexibility index (Phi) is 45.9. The first kappa shape index (κ1) is 56.4. The van der Waals surface area contributed by atoms with Crippen LogP contribution in [-0.2, 0) is 28.6 Å². The molecule has 342 valence electrons. The third-order valence-electron chi connectivity index (χ3n) is 10.9. The van der Waals surface area contributed by atoms with Gasteiger partial charge in [-0.15, -0.1) is 0 Å². The van der Waals surface area contributed by atoms with Crippen LogP contribution in [-0.4, -0.2) is 37.2 Å². The number of unbranched alkanes of at least 4 members (excludes halogenated alkanes) is 26. The molecule has 0 amide bonds. The van der Waals surface area contributed by atoms with Gasteiger partial charge in [0.25, 0.3) is 0 Å². The number of ether oxygens (including phenoxy) is 3. The quantitative estimate of drug-likeness (QED) is 0.0263. The highest BCUT2D eigenvalue weighted by Crippen LogP contribution is 2.16. The summed E-state index contributed by atoms with van der Waals surface area (Å²) in [4.78, 5) is 37.9. The summed E-state index contributed by atoms with van der Waals surface area (Å²) in [7, 11) is 0. The second kappa shape index (κ2) is 48.0. The van der Waals surface area contributed by atoms with Crippen LogP contribution in [0.2, 0.25) is 0 Å². The van der Waals surface area contributed by atoms with E-state index in [1.807, 2.05) is 6.08 Å². The van der Waals surface area contributed by atoms with Crippen molar-refractivity contribution < 1.29 is 28.6 Å². The smallest absolute Gasteiger partial charge is 0.306 e. The molecule has 0 N–H and O–H groups in total. The average Bonchev–Trinajstić information content (AvgIpc) is 3.23. The third kappa shape index (κ3) is 46.3. The van der Waals surface area contributed by atoms with Gasteiger partial charge in [-0.2, -0.15) is 0 Å². The fourth-order valence-corrected chi connectivity index (χ4v) is 7.10. The minimum Gasteiger partial charge on any atom is -0.462 e. The van der Waals surface area contributed by atoms with Crippen LogP contribution in [0.4, 0.5) is 0 Å². The van der Waals surface area contributed by atoms with Crippen LogP contribution in [0, 0.1) is 0 Å². The normalized spacial score (nSPS) is 12.4. The molecule has 59 heavy (non-hydrogen) atoms. The fraction of sp³-hybridized carbons (Fsp3) is 0.792. The first-order valence-corrected chi connectivity index (χ1v) is 25.1. The number of esters is 3. The molecule has 6 heteroatoms. The van der Waals surface area contributed by atoms with E-state index in [0.29, 0.717) is 19.3 Å². The van der Waals surface area contributed by atoms with Crippen LogP contribution in [0.1, 0.15) is 252 Å². The number of hydrogen-bond donors (Lipinski definition) is 0. The molecule has 0 rings (SSSR count). The molecule has 0 aromatic carbocycles. The van der Waals surface area contributed by atoms with Crippen molar-refractivity contribution in [1.29, 1.82) is 0 Å². The predicted octanol–water partition coefficient (Wildman–Crippen LogP) is 16.3. The van der Waals surface area contributed by atoms with Gasteiger partial charge in [-0.25, -0.2) is 0 Å². The van der Waals surface area contributed by atoms with Gasteiger partial charge in [0.2, 0.25) is 0 Å². The van der Waals surface area contributed by atoms with Crippen molar-refractivity contribution in [2.45, 2.75) is 258 Å². The number of carbonyl (C=O) groups excluding carboxylic acids is 3. The Hall–Kier alpha value is -2.63. The van der Waals surface area contributed by atoms with Crippen molar-refractivity contribution in [2.75, 3.05) is 13.2 Å². The molecule has 0 aromatic rings. The Labute approximate surface area is 365 Å². The standard InChI is InChI=1S/C53H94O6/c1-4-7-10-13-16-19-22-25-28-31-34-37-40-43-46-52(55)58-49-50(48-57-51(54)45-42-39-36-33-30-27-24-21-18-15-12-9-6-3)59-53(56)47-44-41-38-35-32-29-26-23-20-17-14-11-8-5-2/h9,12,18,21,27,30,36,39,50H,4-8,10-11,13-17,19-20,22-26,28-29,31-35,37-38,40-49H2,1-3H3/b12-9-,21-18-,30-27-,39-36-. The lowest BCUT2D eigenvalue weighted by Gasteiger charge is -2.18. The van der Waals surface area contributed by atoms with Crippen LogP contribution >= 0.6 is 0 Å². The molecule has 0 aliphatic carbocycles. The van der Waals surface area contributed by atoms with Gasteiger partial charge in [-0.3, -0.25) is 14.4 Å². The van der Waals surface area contributed by atoms with Gasteiger partial charge >= 0.3 is 17.9 Å². The maximum atomic E-state index is 12.8. The van der Waals surface area contributed by atoms with Crippen molar-refractivity contribution in [3.05, 3.63) is 48.6 Å². The lowest BCUT2D eigenvalue weighted by atomic mass is 10.0. The van der Waals surface area contributed by atoms with Gasteiger partial charge in [0.15, 0.2) is 6.10 Å². The Morgan fingerprint density at radius 1 is 0.356 bits per heavy atom. The molecule has 0 saturated carbocycles. The van der Waals surface area contributed by atoms with Crippen LogP contribution in [0.5, 0.6) is 0 Å². The van der Waals surface area contributed by atoms with Gasteiger partial charge in [-0.05, 0) is 44.9 Å². The van der Waals surface area contributed by atoms with Gasteiger partial charge in [0.1, 0.15) is 13.2 Å². The maximum Gasteiger partial charge on any atom is 0.306 e. The van der Waals surface area contributed by atoms with E-state index in [0.717, 1.165) is 64.2 Å². The first-order valence-electron chi connectivity index (χ1n) is 25.1. The number of allylic oxidation sites excluding steroid dienone is 8. The topological polar surface area (TPSA) is 78.9 Å². The van der Waals surface area contributed by atoms with Gasteiger partial charge in [0, 0.05) is 19.3 Å². The molecule has 6 nitrogen and oxygen atoms in total. The van der Waals surface area contributed by atoms with Crippen molar-refractivity contribution in [3.8, 4) is 0 Å².